The maximum absolute atomic E-state index is 11.4. The second-order valence-corrected chi connectivity index (χ2v) is 3.73. The first kappa shape index (κ1) is 12.7. The molecule has 0 bridgehead atoms. The first-order valence-corrected chi connectivity index (χ1v) is 5.33. The van der Waals surface area contributed by atoms with Crippen LogP contribution in [0.5, 0.6) is 5.75 Å². The standard InChI is InChI=1S/C12H10N2O5/c1-7-13-10(12(15)19-7)6-8-5-9(18-2)3-4-11(8)14(16)17/h3-6H,1-2H3/b10-6+. The van der Waals surface area contributed by atoms with Crippen LogP contribution in [0.4, 0.5) is 5.69 Å². The van der Waals surface area contributed by atoms with E-state index in [1.807, 2.05) is 0 Å². The number of cyclic esters (lactones) is 1. The Morgan fingerprint density at radius 1 is 1.47 bits per heavy atom. The number of carbonyl (C=O) groups excluding carboxylic acids is 1. The second-order valence-electron chi connectivity index (χ2n) is 3.73. The predicted molar refractivity (Wildman–Crippen MR) is 66.8 cm³/mol. The van der Waals surface area contributed by atoms with Gasteiger partial charge >= 0.3 is 5.97 Å². The van der Waals surface area contributed by atoms with E-state index in [9.17, 15) is 14.9 Å². The number of nitro benzene ring substituents is 1. The molecule has 98 valence electrons. The lowest BCUT2D eigenvalue weighted by molar-refractivity contribution is -0.385. The van der Waals surface area contributed by atoms with Crippen molar-refractivity contribution in [3.05, 3.63) is 39.6 Å². The lowest BCUT2D eigenvalue weighted by Gasteiger charge is -2.02. The Morgan fingerprint density at radius 3 is 2.74 bits per heavy atom. The molecule has 19 heavy (non-hydrogen) atoms. The van der Waals surface area contributed by atoms with Crippen molar-refractivity contribution in [2.45, 2.75) is 6.92 Å². The van der Waals surface area contributed by atoms with Gasteiger partial charge in [-0.1, -0.05) is 0 Å². The summed E-state index contributed by atoms with van der Waals surface area (Å²) in [5.74, 6) is 0.0286. The smallest absolute Gasteiger partial charge is 0.363 e. The van der Waals surface area contributed by atoms with Crippen molar-refractivity contribution >= 4 is 23.6 Å². The molecule has 0 amide bonds. The van der Waals surface area contributed by atoms with Gasteiger partial charge in [0.2, 0.25) is 0 Å². The molecule has 1 aromatic carbocycles. The molecule has 0 N–H and O–H groups in total. The van der Waals surface area contributed by atoms with Gasteiger partial charge in [-0.2, -0.15) is 0 Å². The number of aliphatic imine (C=N–C) groups is 1. The highest BCUT2D eigenvalue weighted by atomic mass is 16.6. The largest absolute Gasteiger partial charge is 0.497 e. The molecule has 1 aliphatic rings. The van der Waals surface area contributed by atoms with Gasteiger partial charge in [0, 0.05) is 13.0 Å². The maximum atomic E-state index is 11.4. The van der Waals surface area contributed by atoms with Gasteiger partial charge in [0.25, 0.3) is 5.69 Å². The van der Waals surface area contributed by atoms with E-state index in [0.717, 1.165) is 0 Å². The van der Waals surface area contributed by atoms with Gasteiger partial charge in [0.15, 0.2) is 11.6 Å². The predicted octanol–water partition coefficient (Wildman–Crippen LogP) is 1.92. The van der Waals surface area contributed by atoms with E-state index in [1.165, 1.54) is 38.3 Å². The molecule has 0 radical (unpaired) electrons. The van der Waals surface area contributed by atoms with Crippen molar-refractivity contribution in [2.24, 2.45) is 4.99 Å². The van der Waals surface area contributed by atoms with E-state index in [-0.39, 0.29) is 22.8 Å². The summed E-state index contributed by atoms with van der Waals surface area (Å²) in [6.07, 6.45) is 1.31. The average molecular weight is 262 g/mol. The highest BCUT2D eigenvalue weighted by molar-refractivity contribution is 6.06. The van der Waals surface area contributed by atoms with Crippen molar-refractivity contribution in [3.8, 4) is 5.75 Å². The van der Waals surface area contributed by atoms with E-state index < -0.39 is 10.9 Å². The minimum atomic E-state index is -0.630. The topological polar surface area (TPSA) is 91.0 Å². The molecular weight excluding hydrogens is 252 g/mol. The van der Waals surface area contributed by atoms with E-state index >= 15 is 0 Å². The number of benzene rings is 1. The molecule has 1 aromatic rings. The first-order valence-electron chi connectivity index (χ1n) is 5.33. The second kappa shape index (κ2) is 4.89. The average Bonchev–Trinajstić information content (AvgIpc) is 2.67. The van der Waals surface area contributed by atoms with Crippen LogP contribution in [-0.2, 0) is 9.53 Å². The van der Waals surface area contributed by atoms with Crippen LogP contribution in [0.25, 0.3) is 6.08 Å². The fourth-order valence-electron chi connectivity index (χ4n) is 1.60. The van der Waals surface area contributed by atoms with Crippen LogP contribution < -0.4 is 4.74 Å². The molecule has 7 nitrogen and oxygen atoms in total. The molecule has 0 fully saturated rings. The fourth-order valence-corrected chi connectivity index (χ4v) is 1.60. The molecule has 2 rings (SSSR count). The minimum absolute atomic E-state index is 0.0221. The molecule has 0 saturated carbocycles. The summed E-state index contributed by atoms with van der Waals surface area (Å²) in [4.78, 5) is 25.7. The van der Waals surface area contributed by atoms with Gasteiger partial charge in [0.1, 0.15) is 5.75 Å². The summed E-state index contributed by atoms with van der Waals surface area (Å²) in [5.41, 5.74) is 0.115. The lowest BCUT2D eigenvalue weighted by Crippen LogP contribution is -2.00. The Morgan fingerprint density at radius 2 is 2.21 bits per heavy atom. The third-order valence-corrected chi connectivity index (χ3v) is 2.45. The van der Waals surface area contributed by atoms with Crippen LogP contribution in [0.2, 0.25) is 0 Å². The number of methoxy groups -OCH3 is 1. The summed E-state index contributed by atoms with van der Waals surface area (Å²) in [6, 6.07) is 4.24. The third kappa shape index (κ3) is 2.59. The monoisotopic (exact) mass is 262 g/mol. The lowest BCUT2D eigenvalue weighted by atomic mass is 10.1. The highest BCUT2D eigenvalue weighted by Gasteiger charge is 2.22. The van der Waals surface area contributed by atoms with Gasteiger partial charge in [-0.3, -0.25) is 10.1 Å². The number of ether oxygens (including phenoxy) is 2. The number of hydrogen-bond acceptors (Lipinski definition) is 6. The summed E-state index contributed by atoms with van der Waals surface area (Å²) in [7, 11) is 1.45. The number of carbonyl (C=O) groups is 1. The zero-order valence-electron chi connectivity index (χ0n) is 10.2. The van der Waals surface area contributed by atoms with Crippen LogP contribution in [-0.4, -0.2) is 23.9 Å². The molecule has 0 aliphatic carbocycles. The van der Waals surface area contributed by atoms with Crippen molar-refractivity contribution in [2.75, 3.05) is 7.11 Å². The molecule has 7 heteroatoms. The van der Waals surface area contributed by atoms with Crippen molar-refractivity contribution in [1.82, 2.24) is 0 Å². The van der Waals surface area contributed by atoms with Crippen molar-refractivity contribution < 1.29 is 19.2 Å². The molecule has 0 unspecified atom stereocenters. The summed E-state index contributed by atoms with van der Waals surface area (Å²) in [5, 5.41) is 10.9. The van der Waals surface area contributed by atoms with Crippen molar-refractivity contribution in [3.63, 3.8) is 0 Å². The van der Waals surface area contributed by atoms with Gasteiger partial charge < -0.3 is 9.47 Å². The molecule has 0 spiro atoms. The third-order valence-electron chi connectivity index (χ3n) is 2.45. The number of hydrogen-bond donors (Lipinski definition) is 0. The zero-order chi connectivity index (χ0) is 14.0. The first-order chi connectivity index (χ1) is 9.01. The van der Waals surface area contributed by atoms with E-state index in [2.05, 4.69) is 4.99 Å². The number of rotatable bonds is 3. The number of esters is 1. The Balaban J connectivity index is 2.51. The molecule has 1 aliphatic heterocycles. The van der Waals surface area contributed by atoms with Gasteiger partial charge in [-0.05, 0) is 18.2 Å². The SMILES string of the molecule is COc1ccc([N+](=O)[O-])c(/C=C2/N=C(C)OC2=O)c1. The van der Waals surface area contributed by atoms with Gasteiger partial charge in [-0.15, -0.1) is 0 Å². The van der Waals surface area contributed by atoms with Crippen LogP contribution >= 0.6 is 0 Å². The molecule has 0 aromatic heterocycles. The van der Waals surface area contributed by atoms with Gasteiger partial charge in [0.05, 0.1) is 17.6 Å². The summed E-state index contributed by atoms with van der Waals surface area (Å²) < 4.78 is 9.74. The minimum Gasteiger partial charge on any atom is -0.497 e. The van der Waals surface area contributed by atoms with Crippen LogP contribution in [0.15, 0.2) is 28.9 Å². The van der Waals surface area contributed by atoms with E-state index in [0.29, 0.717) is 5.75 Å². The zero-order valence-corrected chi connectivity index (χ0v) is 10.2. The van der Waals surface area contributed by atoms with Crippen LogP contribution in [0.1, 0.15) is 12.5 Å². The Kier molecular flexibility index (Phi) is 3.28. The number of nitrogens with zero attached hydrogens (tertiary/aromatic N) is 2. The molecule has 1 heterocycles. The molecule has 0 atom stereocenters. The Labute approximate surface area is 108 Å². The maximum Gasteiger partial charge on any atom is 0.363 e. The van der Waals surface area contributed by atoms with Gasteiger partial charge in [-0.25, -0.2) is 9.79 Å². The van der Waals surface area contributed by atoms with E-state index in [1.54, 1.807) is 0 Å². The van der Waals surface area contributed by atoms with E-state index in [4.69, 9.17) is 9.47 Å². The molecular formula is C12H10N2O5. The number of nitro groups is 1. The van der Waals surface area contributed by atoms with Crippen LogP contribution in [0.3, 0.4) is 0 Å². The Hall–Kier alpha value is -2.70. The highest BCUT2D eigenvalue weighted by Crippen LogP contribution is 2.27. The van der Waals surface area contributed by atoms with Crippen molar-refractivity contribution in [1.29, 1.82) is 0 Å². The van der Waals surface area contributed by atoms with Crippen LogP contribution in [0, 0.1) is 10.1 Å². The fraction of sp³-hybridized carbons (Fsp3) is 0.167. The Bertz CT molecular complexity index is 619. The quantitative estimate of drug-likeness (QED) is 0.359. The molecule has 0 saturated heterocycles. The normalized spacial score (nSPS) is 16.2. The summed E-state index contributed by atoms with van der Waals surface area (Å²) >= 11 is 0. The summed E-state index contributed by atoms with van der Waals surface area (Å²) in [6.45, 7) is 1.53.